The maximum Gasteiger partial charge on any atom is 0.259 e. The highest BCUT2D eigenvalue weighted by Crippen LogP contribution is 2.28. The Labute approximate surface area is 172 Å². The van der Waals surface area contributed by atoms with Crippen LogP contribution in [0.1, 0.15) is 15.9 Å². The van der Waals surface area contributed by atoms with E-state index in [2.05, 4.69) is 15.5 Å². The van der Waals surface area contributed by atoms with E-state index in [1.807, 2.05) is 31.2 Å². The van der Waals surface area contributed by atoms with Crippen molar-refractivity contribution in [1.29, 1.82) is 0 Å². The third kappa shape index (κ3) is 4.49. The molecule has 3 rings (SSSR count). The van der Waals surface area contributed by atoms with Crippen molar-refractivity contribution in [1.82, 2.24) is 10.2 Å². The molecule has 0 saturated heterocycles. The van der Waals surface area contributed by atoms with Crippen LogP contribution in [0.5, 0.6) is 0 Å². The molecule has 7 nitrogen and oxygen atoms in total. The molecule has 1 heterocycles. The molecule has 1 amide bonds. The summed E-state index contributed by atoms with van der Waals surface area (Å²) in [6, 6.07) is 12.2. The first-order valence-corrected chi connectivity index (χ1v) is 11.1. The van der Waals surface area contributed by atoms with Crippen molar-refractivity contribution >= 4 is 49.7 Å². The summed E-state index contributed by atoms with van der Waals surface area (Å²) in [5.74, 6) is -0.500. The molecule has 0 saturated carbocycles. The van der Waals surface area contributed by atoms with E-state index in [0.717, 1.165) is 21.7 Å². The van der Waals surface area contributed by atoms with Gasteiger partial charge < -0.3 is 0 Å². The van der Waals surface area contributed by atoms with Crippen LogP contribution in [-0.2, 0) is 10.0 Å². The zero-order chi connectivity index (χ0) is 20.5. The average Bonchev–Trinajstić information content (AvgIpc) is 3.09. The molecule has 10 heteroatoms. The lowest BCUT2D eigenvalue weighted by atomic mass is 10.2. The van der Waals surface area contributed by atoms with E-state index < -0.39 is 15.9 Å². The molecule has 3 aromatic rings. The minimum absolute atomic E-state index is 0.141. The summed E-state index contributed by atoms with van der Waals surface area (Å²) in [5, 5.41) is 11.9. The molecular weight excluding hydrogens is 420 g/mol. The van der Waals surface area contributed by atoms with Gasteiger partial charge in [-0.3, -0.25) is 14.4 Å². The largest absolute Gasteiger partial charge is 0.296 e. The van der Waals surface area contributed by atoms with Gasteiger partial charge in [-0.1, -0.05) is 52.8 Å². The maximum atomic E-state index is 12.6. The summed E-state index contributed by atoms with van der Waals surface area (Å²) in [6.07, 6.45) is 1.08. The van der Waals surface area contributed by atoms with Crippen LogP contribution in [0.4, 0.5) is 10.8 Å². The third-order valence-corrected chi connectivity index (χ3v) is 6.42. The molecule has 0 bridgehead atoms. The first-order valence-electron chi connectivity index (χ1n) is 8.10. The number of halogens is 1. The van der Waals surface area contributed by atoms with E-state index >= 15 is 0 Å². The molecule has 1 aromatic heterocycles. The summed E-state index contributed by atoms with van der Waals surface area (Å²) < 4.78 is 24.5. The van der Waals surface area contributed by atoms with Crippen LogP contribution in [0.3, 0.4) is 0 Å². The number of sulfonamides is 1. The number of rotatable bonds is 5. The van der Waals surface area contributed by atoms with Gasteiger partial charge in [0, 0.05) is 12.6 Å². The molecular formula is C18H17ClN4O3S2. The maximum absolute atomic E-state index is 12.6. The smallest absolute Gasteiger partial charge is 0.259 e. The minimum atomic E-state index is -3.46. The number of hydrogen-bond donors (Lipinski definition) is 1. The van der Waals surface area contributed by atoms with Crippen molar-refractivity contribution < 1.29 is 13.2 Å². The normalized spacial score (nSPS) is 11.3. The van der Waals surface area contributed by atoms with E-state index in [4.69, 9.17) is 11.6 Å². The highest BCUT2D eigenvalue weighted by molar-refractivity contribution is 7.92. The van der Waals surface area contributed by atoms with Crippen molar-refractivity contribution in [3.8, 4) is 10.6 Å². The van der Waals surface area contributed by atoms with Crippen molar-refractivity contribution in [3.63, 3.8) is 0 Å². The Morgan fingerprint density at radius 2 is 1.82 bits per heavy atom. The Kier molecular flexibility index (Phi) is 5.69. The van der Waals surface area contributed by atoms with Crippen LogP contribution >= 0.6 is 22.9 Å². The van der Waals surface area contributed by atoms with Crippen LogP contribution in [0.25, 0.3) is 10.6 Å². The van der Waals surface area contributed by atoms with Gasteiger partial charge in [-0.25, -0.2) is 8.42 Å². The number of carbonyl (C=O) groups is 1. The van der Waals surface area contributed by atoms with E-state index in [1.165, 1.54) is 36.6 Å². The molecule has 0 unspecified atom stereocenters. The topological polar surface area (TPSA) is 92.3 Å². The SMILES string of the molecule is Cc1ccc(-c2nnc(NC(=O)c3cc(N(C)S(C)(=O)=O)ccc3Cl)s2)cc1. The molecule has 0 fully saturated rings. The Morgan fingerprint density at radius 1 is 1.14 bits per heavy atom. The van der Waals surface area contributed by atoms with Gasteiger partial charge in [0.2, 0.25) is 15.2 Å². The summed E-state index contributed by atoms with van der Waals surface area (Å²) in [4.78, 5) is 12.6. The van der Waals surface area contributed by atoms with E-state index in [9.17, 15) is 13.2 Å². The summed E-state index contributed by atoms with van der Waals surface area (Å²) in [5.41, 5.74) is 2.50. The fourth-order valence-electron chi connectivity index (χ4n) is 2.33. The van der Waals surface area contributed by atoms with Gasteiger partial charge in [0.15, 0.2) is 0 Å². The molecule has 28 heavy (non-hydrogen) atoms. The molecule has 146 valence electrons. The Balaban J connectivity index is 1.83. The van der Waals surface area contributed by atoms with Crippen LogP contribution in [-0.4, -0.2) is 37.8 Å². The number of aryl methyl sites for hydroxylation is 1. The summed E-state index contributed by atoms with van der Waals surface area (Å²) in [7, 11) is -2.06. The van der Waals surface area contributed by atoms with Crippen LogP contribution < -0.4 is 9.62 Å². The predicted molar refractivity (Wildman–Crippen MR) is 113 cm³/mol. The lowest BCUT2D eigenvalue weighted by Crippen LogP contribution is -2.25. The van der Waals surface area contributed by atoms with Gasteiger partial charge in [0.25, 0.3) is 5.91 Å². The number of nitrogens with one attached hydrogen (secondary N) is 1. The van der Waals surface area contributed by atoms with Gasteiger partial charge in [-0.05, 0) is 25.1 Å². The second-order valence-electron chi connectivity index (χ2n) is 6.13. The zero-order valence-electron chi connectivity index (χ0n) is 15.3. The highest BCUT2D eigenvalue weighted by Gasteiger charge is 2.18. The lowest BCUT2D eigenvalue weighted by Gasteiger charge is -2.17. The van der Waals surface area contributed by atoms with E-state index in [1.54, 1.807) is 0 Å². The van der Waals surface area contributed by atoms with Gasteiger partial charge in [-0.2, -0.15) is 0 Å². The number of hydrogen-bond acceptors (Lipinski definition) is 6. The molecule has 0 aliphatic heterocycles. The van der Waals surface area contributed by atoms with Crippen LogP contribution in [0, 0.1) is 6.92 Å². The van der Waals surface area contributed by atoms with Crippen LogP contribution in [0.15, 0.2) is 42.5 Å². The number of anilines is 2. The number of amides is 1. The third-order valence-electron chi connectivity index (χ3n) is 4.00. The number of nitrogens with zero attached hydrogens (tertiary/aromatic N) is 3. The number of benzene rings is 2. The van der Waals surface area contributed by atoms with Crippen molar-refractivity contribution in [2.75, 3.05) is 22.9 Å². The average molecular weight is 437 g/mol. The monoisotopic (exact) mass is 436 g/mol. The quantitative estimate of drug-likeness (QED) is 0.656. The standard InChI is InChI=1S/C18H17ClN4O3S2/c1-11-4-6-12(7-5-11)17-21-22-18(27-17)20-16(24)14-10-13(8-9-15(14)19)23(2)28(3,25)26/h4-10H,1-3H3,(H,20,22,24). The number of carbonyl (C=O) groups excluding carboxylic acids is 1. The Hall–Kier alpha value is -2.49. The summed E-state index contributed by atoms with van der Waals surface area (Å²) >= 11 is 7.36. The molecule has 0 aliphatic rings. The predicted octanol–water partition coefficient (Wildman–Crippen LogP) is 3.82. The van der Waals surface area contributed by atoms with Gasteiger partial charge in [0.05, 0.1) is 22.5 Å². The molecule has 0 radical (unpaired) electrons. The molecule has 2 aromatic carbocycles. The molecule has 0 atom stereocenters. The molecule has 1 N–H and O–H groups in total. The number of aromatic nitrogens is 2. The first-order chi connectivity index (χ1) is 13.1. The fraction of sp³-hybridized carbons (Fsp3) is 0.167. The molecule has 0 aliphatic carbocycles. The lowest BCUT2D eigenvalue weighted by molar-refractivity contribution is 0.102. The van der Waals surface area contributed by atoms with Crippen molar-refractivity contribution in [3.05, 3.63) is 58.6 Å². The van der Waals surface area contributed by atoms with Gasteiger partial charge in [-0.15, -0.1) is 10.2 Å². The van der Waals surface area contributed by atoms with Crippen molar-refractivity contribution in [2.24, 2.45) is 0 Å². The van der Waals surface area contributed by atoms with Crippen LogP contribution in [0.2, 0.25) is 5.02 Å². The van der Waals surface area contributed by atoms with E-state index in [0.29, 0.717) is 15.8 Å². The highest BCUT2D eigenvalue weighted by atomic mass is 35.5. The second kappa shape index (κ2) is 7.86. The van der Waals surface area contributed by atoms with E-state index in [-0.39, 0.29) is 10.6 Å². The minimum Gasteiger partial charge on any atom is -0.296 e. The summed E-state index contributed by atoms with van der Waals surface area (Å²) in [6.45, 7) is 1.99. The van der Waals surface area contributed by atoms with Gasteiger partial charge >= 0.3 is 0 Å². The van der Waals surface area contributed by atoms with Gasteiger partial charge in [0.1, 0.15) is 5.01 Å². The second-order valence-corrected chi connectivity index (χ2v) is 9.53. The Morgan fingerprint density at radius 3 is 2.46 bits per heavy atom. The van der Waals surface area contributed by atoms with Crippen molar-refractivity contribution in [2.45, 2.75) is 6.92 Å². The zero-order valence-corrected chi connectivity index (χ0v) is 17.7. The Bertz CT molecular complexity index is 1130. The first kappa shape index (κ1) is 20.2. The fourth-order valence-corrected chi connectivity index (χ4v) is 3.77. The molecule has 0 spiro atoms.